The van der Waals surface area contributed by atoms with Gasteiger partial charge in [-0.1, -0.05) is 30.3 Å². The van der Waals surface area contributed by atoms with Crippen LogP contribution in [-0.2, 0) is 0 Å². The number of rotatable bonds is 2. The second-order valence-corrected chi connectivity index (χ2v) is 6.44. The summed E-state index contributed by atoms with van der Waals surface area (Å²) in [5, 5.41) is 3.43. The molecule has 1 amide bonds. The first-order valence-electron chi connectivity index (χ1n) is 8.55. The molecule has 1 aliphatic rings. The van der Waals surface area contributed by atoms with Gasteiger partial charge in [0.25, 0.3) is 5.91 Å². The van der Waals surface area contributed by atoms with Crippen LogP contribution in [0.4, 0.5) is 22.7 Å². The second-order valence-electron chi connectivity index (χ2n) is 6.44. The highest BCUT2D eigenvalue weighted by Crippen LogP contribution is 2.44. The highest BCUT2D eigenvalue weighted by Gasteiger charge is 2.30. The Morgan fingerprint density at radius 3 is 2.38 bits per heavy atom. The van der Waals surface area contributed by atoms with Gasteiger partial charge in [0, 0.05) is 6.07 Å². The van der Waals surface area contributed by atoms with Crippen molar-refractivity contribution in [3.63, 3.8) is 0 Å². The van der Waals surface area contributed by atoms with Crippen molar-refractivity contribution in [3.05, 3.63) is 77.4 Å². The Labute approximate surface area is 153 Å². The third kappa shape index (κ3) is 2.51. The van der Waals surface area contributed by atoms with Crippen LogP contribution in [0.15, 0.2) is 60.7 Å². The number of hydrogen-bond donors (Lipinski definition) is 1. The monoisotopic (exact) mass is 344 g/mol. The van der Waals surface area contributed by atoms with E-state index in [1.165, 1.54) is 0 Å². The molecule has 1 heterocycles. The number of carbonyl (C=O) groups is 1. The molecule has 0 saturated heterocycles. The minimum atomic E-state index is -0.0468. The smallest absolute Gasteiger partial charge is 0.265 e. The minimum Gasteiger partial charge on any atom is -0.497 e. The van der Waals surface area contributed by atoms with Crippen molar-refractivity contribution in [3.8, 4) is 5.75 Å². The second kappa shape index (κ2) is 6.23. The molecule has 0 aromatic heterocycles. The fourth-order valence-corrected chi connectivity index (χ4v) is 3.45. The van der Waals surface area contributed by atoms with Crippen LogP contribution >= 0.6 is 0 Å². The van der Waals surface area contributed by atoms with Crippen molar-refractivity contribution >= 4 is 28.7 Å². The van der Waals surface area contributed by atoms with Gasteiger partial charge in [0.15, 0.2) is 0 Å². The lowest BCUT2D eigenvalue weighted by molar-refractivity contribution is 0.100. The van der Waals surface area contributed by atoms with Gasteiger partial charge in [-0.15, -0.1) is 0 Å². The van der Waals surface area contributed by atoms with Crippen molar-refractivity contribution in [2.75, 3.05) is 17.3 Å². The Balaban J connectivity index is 2.04. The van der Waals surface area contributed by atoms with E-state index >= 15 is 0 Å². The molecular formula is C22H20N2O2. The van der Waals surface area contributed by atoms with Crippen LogP contribution in [0.3, 0.4) is 0 Å². The molecular weight excluding hydrogens is 324 g/mol. The van der Waals surface area contributed by atoms with Gasteiger partial charge in [-0.3, -0.25) is 9.69 Å². The summed E-state index contributed by atoms with van der Waals surface area (Å²) in [7, 11) is 1.65. The molecule has 130 valence electrons. The lowest BCUT2D eigenvalue weighted by Crippen LogP contribution is -2.26. The Morgan fingerprint density at radius 1 is 0.885 bits per heavy atom. The van der Waals surface area contributed by atoms with E-state index in [1.807, 2.05) is 74.5 Å². The van der Waals surface area contributed by atoms with Crippen LogP contribution in [-0.4, -0.2) is 13.0 Å². The summed E-state index contributed by atoms with van der Waals surface area (Å²) in [6.07, 6.45) is 0. The number of methoxy groups -OCH3 is 1. The van der Waals surface area contributed by atoms with Crippen LogP contribution in [0.25, 0.3) is 0 Å². The number of hydrogen-bond acceptors (Lipinski definition) is 3. The molecule has 4 heteroatoms. The van der Waals surface area contributed by atoms with Gasteiger partial charge in [0.05, 0.1) is 35.4 Å². The molecule has 0 unspecified atom stereocenters. The van der Waals surface area contributed by atoms with Gasteiger partial charge < -0.3 is 10.1 Å². The molecule has 4 nitrogen and oxygen atoms in total. The van der Waals surface area contributed by atoms with Gasteiger partial charge in [0.1, 0.15) is 5.75 Å². The van der Waals surface area contributed by atoms with E-state index in [0.717, 1.165) is 39.6 Å². The van der Waals surface area contributed by atoms with E-state index in [9.17, 15) is 4.79 Å². The van der Waals surface area contributed by atoms with Gasteiger partial charge >= 0.3 is 0 Å². The quantitative estimate of drug-likeness (QED) is 0.681. The van der Waals surface area contributed by atoms with Crippen molar-refractivity contribution in [2.45, 2.75) is 13.8 Å². The topological polar surface area (TPSA) is 41.6 Å². The molecule has 3 aromatic carbocycles. The molecule has 1 N–H and O–H groups in total. The Kier molecular flexibility index (Phi) is 3.88. The maximum absolute atomic E-state index is 13.5. The number of benzene rings is 3. The zero-order chi connectivity index (χ0) is 18.3. The molecule has 0 atom stereocenters. The molecule has 3 aromatic rings. The van der Waals surface area contributed by atoms with Crippen molar-refractivity contribution in [2.24, 2.45) is 0 Å². The normalized spacial score (nSPS) is 12.7. The average molecular weight is 344 g/mol. The first-order valence-corrected chi connectivity index (χ1v) is 8.55. The predicted molar refractivity (Wildman–Crippen MR) is 105 cm³/mol. The molecule has 0 radical (unpaired) electrons. The summed E-state index contributed by atoms with van der Waals surface area (Å²) in [6.45, 7) is 4.02. The first-order chi connectivity index (χ1) is 12.6. The predicted octanol–water partition coefficient (Wildman–Crippen LogP) is 5.35. The van der Waals surface area contributed by atoms with Gasteiger partial charge in [-0.2, -0.15) is 0 Å². The number of nitrogens with one attached hydrogen (secondary N) is 1. The number of ether oxygens (including phenoxy) is 1. The first kappa shape index (κ1) is 16.2. The Hall–Kier alpha value is -3.27. The van der Waals surface area contributed by atoms with Crippen LogP contribution in [0.2, 0.25) is 0 Å². The number of nitrogens with zero attached hydrogens (tertiary/aromatic N) is 1. The molecule has 0 fully saturated rings. The fourth-order valence-electron chi connectivity index (χ4n) is 3.45. The summed E-state index contributed by atoms with van der Waals surface area (Å²) in [5.74, 6) is 0.708. The number of fused-ring (bicyclic) bond motifs is 2. The summed E-state index contributed by atoms with van der Waals surface area (Å²) in [4.78, 5) is 15.3. The van der Waals surface area contributed by atoms with E-state index in [4.69, 9.17) is 4.74 Å². The summed E-state index contributed by atoms with van der Waals surface area (Å²) in [6, 6.07) is 19.4. The van der Waals surface area contributed by atoms with Crippen molar-refractivity contribution in [1.29, 1.82) is 0 Å². The molecule has 4 rings (SSSR count). The zero-order valence-electron chi connectivity index (χ0n) is 15.0. The van der Waals surface area contributed by atoms with Gasteiger partial charge in [-0.05, 0) is 49.2 Å². The number of carbonyl (C=O) groups excluding carboxylic acids is 1. The third-order valence-corrected chi connectivity index (χ3v) is 4.72. The lowest BCUT2D eigenvalue weighted by Gasteiger charge is -2.26. The summed E-state index contributed by atoms with van der Waals surface area (Å²) < 4.78 is 5.44. The minimum absolute atomic E-state index is 0.0468. The lowest BCUT2D eigenvalue weighted by atomic mass is 10.1. The van der Waals surface area contributed by atoms with Gasteiger partial charge in [0.2, 0.25) is 0 Å². The molecule has 0 saturated carbocycles. The summed E-state index contributed by atoms with van der Waals surface area (Å²) >= 11 is 0. The highest BCUT2D eigenvalue weighted by atomic mass is 16.5. The van der Waals surface area contributed by atoms with Crippen LogP contribution in [0.5, 0.6) is 5.75 Å². The number of anilines is 4. The number of aryl methyl sites for hydroxylation is 2. The van der Waals surface area contributed by atoms with Crippen molar-refractivity contribution in [1.82, 2.24) is 0 Å². The van der Waals surface area contributed by atoms with E-state index in [0.29, 0.717) is 5.56 Å². The summed E-state index contributed by atoms with van der Waals surface area (Å²) in [5.41, 5.74) is 6.03. The Morgan fingerprint density at radius 2 is 1.62 bits per heavy atom. The fraction of sp³-hybridized carbons (Fsp3) is 0.136. The Bertz CT molecular complexity index is 1010. The van der Waals surface area contributed by atoms with Crippen LogP contribution < -0.4 is 15.0 Å². The van der Waals surface area contributed by atoms with E-state index in [2.05, 4.69) is 5.32 Å². The van der Waals surface area contributed by atoms with E-state index < -0.39 is 0 Å². The zero-order valence-corrected chi connectivity index (χ0v) is 15.0. The van der Waals surface area contributed by atoms with Crippen LogP contribution in [0, 0.1) is 13.8 Å². The third-order valence-electron chi connectivity index (χ3n) is 4.72. The molecule has 0 spiro atoms. The van der Waals surface area contributed by atoms with E-state index in [1.54, 1.807) is 12.0 Å². The number of para-hydroxylation sites is 2. The van der Waals surface area contributed by atoms with E-state index in [-0.39, 0.29) is 5.91 Å². The average Bonchev–Trinajstić information content (AvgIpc) is 2.77. The molecule has 0 bridgehead atoms. The maximum Gasteiger partial charge on any atom is 0.265 e. The SMILES string of the molecule is COc1cc(C)c2c(c1)Nc1ccccc1C(=O)N2c1ccccc1C. The molecule has 26 heavy (non-hydrogen) atoms. The van der Waals surface area contributed by atoms with Gasteiger partial charge in [-0.25, -0.2) is 0 Å². The maximum atomic E-state index is 13.5. The highest BCUT2D eigenvalue weighted by molar-refractivity contribution is 6.18. The number of amides is 1. The largest absolute Gasteiger partial charge is 0.497 e. The molecule has 1 aliphatic heterocycles. The van der Waals surface area contributed by atoms with Crippen molar-refractivity contribution < 1.29 is 9.53 Å². The molecule has 0 aliphatic carbocycles. The van der Waals surface area contributed by atoms with Crippen LogP contribution in [0.1, 0.15) is 21.5 Å². The standard InChI is InChI=1S/C22H20N2O2/c1-14-8-4-7-11-20(14)24-21-15(2)12-16(26-3)13-19(21)23-18-10-6-5-9-17(18)22(24)25/h4-13,23H,1-3H3.